The van der Waals surface area contributed by atoms with Gasteiger partial charge in [-0.05, 0) is 23.6 Å². The first-order chi connectivity index (χ1) is 8.27. The standard InChI is InChI=1S/C14H15N3/c15-13(11-6-3-7-17-14(11)16)12-8-9-4-1-2-5-10(9)12/h1-7,12-13H,8,15H2,(H2,16,17). The lowest BCUT2D eigenvalue weighted by molar-refractivity contribution is 0.500. The van der Waals surface area contributed by atoms with E-state index in [1.165, 1.54) is 11.1 Å². The Morgan fingerprint density at radius 1 is 1.18 bits per heavy atom. The van der Waals surface area contributed by atoms with Crippen molar-refractivity contribution in [2.75, 3.05) is 5.73 Å². The molecule has 2 aromatic rings. The van der Waals surface area contributed by atoms with Crippen molar-refractivity contribution in [1.29, 1.82) is 0 Å². The first-order valence-corrected chi connectivity index (χ1v) is 5.81. The molecule has 0 aliphatic heterocycles. The number of aromatic nitrogens is 1. The molecule has 4 N–H and O–H groups in total. The van der Waals surface area contributed by atoms with Crippen LogP contribution in [0.5, 0.6) is 0 Å². The third-order valence-electron chi connectivity index (χ3n) is 3.56. The molecule has 1 heterocycles. The third kappa shape index (κ3) is 1.59. The van der Waals surface area contributed by atoms with E-state index >= 15 is 0 Å². The minimum atomic E-state index is -0.0569. The zero-order chi connectivity index (χ0) is 11.8. The molecular formula is C14H15N3. The Hall–Kier alpha value is -1.87. The molecule has 0 saturated heterocycles. The summed E-state index contributed by atoms with van der Waals surface area (Å²) in [5.74, 6) is 0.919. The molecule has 3 rings (SSSR count). The number of benzene rings is 1. The minimum Gasteiger partial charge on any atom is -0.383 e. The second kappa shape index (κ2) is 3.86. The predicted molar refractivity (Wildman–Crippen MR) is 68.5 cm³/mol. The monoisotopic (exact) mass is 225 g/mol. The maximum absolute atomic E-state index is 6.30. The van der Waals surface area contributed by atoms with Crippen LogP contribution in [0, 0.1) is 0 Å². The summed E-state index contributed by atoms with van der Waals surface area (Å²) in [6.45, 7) is 0. The molecule has 17 heavy (non-hydrogen) atoms. The van der Waals surface area contributed by atoms with Gasteiger partial charge in [-0.2, -0.15) is 0 Å². The Morgan fingerprint density at radius 3 is 2.76 bits per heavy atom. The quantitative estimate of drug-likeness (QED) is 0.821. The molecule has 0 amide bonds. The van der Waals surface area contributed by atoms with Gasteiger partial charge in [-0.1, -0.05) is 30.3 Å². The van der Waals surface area contributed by atoms with Crippen LogP contribution in [0.4, 0.5) is 5.82 Å². The van der Waals surface area contributed by atoms with E-state index in [0.29, 0.717) is 11.7 Å². The van der Waals surface area contributed by atoms with Crippen LogP contribution in [-0.4, -0.2) is 4.98 Å². The molecule has 0 radical (unpaired) electrons. The van der Waals surface area contributed by atoms with Crippen molar-refractivity contribution in [3.63, 3.8) is 0 Å². The van der Waals surface area contributed by atoms with Crippen LogP contribution in [0.2, 0.25) is 0 Å². The van der Waals surface area contributed by atoms with Crippen molar-refractivity contribution < 1.29 is 0 Å². The van der Waals surface area contributed by atoms with Gasteiger partial charge in [0.05, 0.1) is 0 Å². The maximum atomic E-state index is 6.30. The SMILES string of the molecule is Nc1ncccc1C(N)C1Cc2ccccc21. The van der Waals surface area contributed by atoms with Gasteiger partial charge in [-0.3, -0.25) is 0 Å². The second-order valence-corrected chi connectivity index (χ2v) is 4.51. The van der Waals surface area contributed by atoms with Gasteiger partial charge in [0, 0.05) is 23.7 Å². The van der Waals surface area contributed by atoms with Crippen molar-refractivity contribution in [1.82, 2.24) is 4.98 Å². The average Bonchev–Trinajstić information content (AvgIpc) is 2.31. The molecule has 1 aromatic carbocycles. The van der Waals surface area contributed by atoms with Crippen LogP contribution >= 0.6 is 0 Å². The first kappa shape index (κ1) is 10.3. The number of hydrogen-bond donors (Lipinski definition) is 2. The molecular weight excluding hydrogens is 210 g/mol. The number of fused-ring (bicyclic) bond motifs is 1. The van der Waals surface area contributed by atoms with Gasteiger partial charge in [-0.15, -0.1) is 0 Å². The molecule has 3 heteroatoms. The summed E-state index contributed by atoms with van der Waals surface area (Å²) in [6.07, 6.45) is 2.73. The van der Waals surface area contributed by atoms with Crippen LogP contribution in [-0.2, 0) is 6.42 Å². The van der Waals surface area contributed by atoms with Gasteiger partial charge in [0.15, 0.2) is 0 Å². The second-order valence-electron chi connectivity index (χ2n) is 4.51. The maximum Gasteiger partial charge on any atom is 0.128 e. The summed E-state index contributed by atoms with van der Waals surface area (Å²) in [5, 5.41) is 0. The van der Waals surface area contributed by atoms with Gasteiger partial charge in [0.1, 0.15) is 5.82 Å². The Balaban J connectivity index is 1.91. The smallest absolute Gasteiger partial charge is 0.128 e. The normalized spacial score (nSPS) is 19.2. The van der Waals surface area contributed by atoms with Gasteiger partial charge in [0.25, 0.3) is 0 Å². The Labute approximate surface area is 100 Å². The number of nitrogen functional groups attached to an aromatic ring is 1. The number of rotatable bonds is 2. The Bertz CT molecular complexity index is 551. The number of hydrogen-bond acceptors (Lipinski definition) is 3. The van der Waals surface area contributed by atoms with E-state index in [4.69, 9.17) is 11.5 Å². The van der Waals surface area contributed by atoms with Gasteiger partial charge in [0.2, 0.25) is 0 Å². The van der Waals surface area contributed by atoms with Crippen molar-refractivity contribution in [3.8, 4) is 0 Å². The van der Waals surface area contributed by atoms with E-state index < -0.39 is 0 Å². The van der Waals surface area contributed by atoms with Crippen molar-refractivity contribution in [2.45, 2.75) is 18.4 Å². The lowest BCUT2D eigenvalue weighted by Gasteiger charge is -2.35. The van der Waals surface area contributed by atoms with E-state index in [-0.39, 0.29) is 6.04 Å². The Kier molecular flexibility index (Phi) is 2.34. The summed E-state index contributed by atoms with van der Waals surface area (Å²) < 4.78 is 0. The van der Waals surface area contributed by atoms with E-state index in [2.05, 4.69) is 29.2 Å². The van der Waals surface area contributed by atoms with Crippen LogP contribution in [0.25, 0.3) is 0 Å². The number of pyridine rings is 1. The van der Waals surface area contributed by atoms with Crippen molar-refractivity contribution in [2.24, 2.45) is 5.73 Å². The van der Waals surface area contributed by atoms with E-state index in [9.17, 15) is 0 Å². The first-order valence-electron chi connectivity index (χ1n) is 5.81. The highest BCUT2D eigenvalue weighted by Gasteiger charge is 2.32. The summed E-state index contributed by atoms with van der Waals surface area (Å²) >= 11 is 0. The molecule has 2 unspecified atom stereocenters. The molecule has 2 atom stereocenters. The average molecular weight is 225 g/mol. The molecule has 3 nitrogen and oxygen atoms in total. The molecule has 1 aliphatic rings. The molecule has 0 saturated carbocycles. The van der Waals surface area contributed by atoms with Crippen molar-refractivity contribution in [3.05, 3.63) is 59.3 Å². The fraction of sp³-hybridized carbons (Fsp3) is 0.214. The topological polar surface area (TPSA) is 64.9 Å². The summed E-state index contributed by atoms with van der Waals surface area (Å²) in [5.41, 5.74) is 15.9. The number of nitrogens with zero attached hydrogens (tertiary/aromatic N) is 1. The van der Waals surface area contributed by atoms with Crippen molar-refractivity contribution >= 4 is 5.82 Å². The highest BCUT2D eigenvalue weighted by Crippen LogP contribution is 2.42. The zero-order valence-electron chi connectivity index (χ0n) is 9.51. The molecule has 0 fully saturated rings. The molecule has 1 aromatic heterocycles. The van der Waals surface area contributed by atoms with Gasteiger partial charge >= 0.3 is 0 Å². The summed E-state index contributed by atoms with van der Waals surface area (Å²) in [6, 6.07) is 12.2. The van der Waals surface area contributed by atoms with Crippen LogP contribution in [0.1, 0.15) is 28.7 Å². The predicted octanol–water partition coefficient (Wildman–Crippen LogP) is 2.00. The highest BCUT2D eigenvalue weighted by molar-refractivity contribution is 5.47. The molecule has 0 spiro atoms. The fourth-order valence-corrected chi connectivity index (χ4v) is 2.55. The lowest BCUT2D eigenvalue weighted by Crippen LogP contribution is -2.29. The third-order valence-corrected chi connectivity index (χ3v) is 3.56. The summed E-state index contributed by atoms with van der Waals surface area (Å²) in [7, 11) is 0. The largest absolute Gasteiger partial charge is 0.383 e. The number of anilines is 1. The van der Waals surface area contributed by atoms with E-state index in [1.54, 1.807) is 6.20 Å². The molecule has 86 valence electrons. The lowest BCUT2D eigenvalue weighted by atomic mass is 9.72. The Morgan fingerprint density at radius 2 is 2.00 bits per heavy atom. The highest BCUT2D eigenvalue weighted by atomic mass is 14.8. The fourth-order valence-electron chi connectivity index (χ4n) is 2.55. The van der Waals surface area contributed by atoms with E-state index in [1.807, 2.05) is 12.1 Å². The molecule has 0 bridgehead atoms. The number of nitrogens with two attached hydrogens (primary N) is 2. The zero-order valence-corrected chi connectivity index (χ0v) is 9.51. The summed E-state index contributed by atoms with van der Waals surface area (Å²) in [4.78, 5) is 4.09. The van der Waals surface area contributed by atoms with Crippen LogP contribution in [0.15, 0.2) is 42.6 Å². The molecule has 1 aliphatic carbocycles. The van der Waals surface area contributed by atoms with E-state index in [0.717, 1.165) is 12.0 Å². The van der Waals surface area contributed by atoms with Crippen LogP contribution < -0.4 is 11.5 Å². The van der Waals surface area contributed by atoms with Gasteiger partial charge < -0.3 is 11.5 Å². The van der Waals surface area contributed by atoms with Crippen LogP contribution in [0.3, 0.4) is 0 Å². The minimum absolute atomic E-state index is 0.0569. The van der Waals surface area contributed by atoms with Gasteiger partial charge in [-0.25, -0.2) is 4.98 Å².